The minimum absolute atomic E-state index is 0.0186. The summed E-state index contributed by atoms with van der Waals surface area (Å²) in [4.78, 5) is 13.6. The monoisotopic (exact) mass is 193 g/mol. The predicted molar refractivity (Wildman–Crippen MR) is 47.7 cm³/mol. The molecule has 1 N–H and O–H groups in total. The number of carbonyl (C=O) groups is 1. The highest BCUT2D eigenvalue weighted by molar-refractivity contribution is 5.92. The lowest BCUT2D eigenvalue weighted by Crippen LogP contribution is -2.51. The fraction of sp³-hybridized carbons (Fsp3) is 0.556. The Bertz CT molecular complexity index is 337. The molecule has 2 atom stereocenters. The van der Waals surface area contributed by atoms with Gasteiger partial charge in [0.2, 0.25) is 0 Å². The fourth-order valence-electron chi connectivity index (χ4n) is 2.10. The fourth-order valence-corrected chi connectivity index (χ4v) is 2.10. The maximum atomic E-state index is 11.8. The molecule has 2 fully saturated rings. The third-order valence-electron chi connectivity index (χ3n) is 3.03. The molecule has 2 aliphatic rings. The van der Waals surface area contributed by atoms with Crippen LogP contribution in [-0.4, -0.2) is 41.6 Å². The SMILES string of the molecule is O=C(c1ccon1)N1CC2CNC2C1. The van der Waals surface area contributed by atoms with Crippen molar-refractivity contribution in [3.63, 3.8) is 0 Å². The Morgan fingerprint density at radius 3 is 3.07 bits per heavy atom. The summed E-state index contributed by atoms with van der Waals surface area (Å²) in [5.74, 6) is 0.626. The number of aromatic nitrogens is 1. The zero-order valence-corrected chi connectivity index (χ0v) is 7.64. The van der Waals surface area contributed by atoms with Gasteiger partial charge >= 0.3 is 0 Å². The van der Waals surface area contributed by atoms with E-state index in [-0.39, 0.29) is 5.91 Å². The second-order valence-corrected chi connectivity index (χ2v) is 3.87. The molecule has 5 nitrogen and oxygen atoms in total. The molecule has 1 aromatic rings. The zero-order valence-electron chi connectivity index (χ0n) is 7.64. The molecule has 14 heavy (non-hydrogen) atoms. The Balaban J connectivity index is 1.74. The number of fused-ring (bicyclic) bond motifs is 1. The number of hydrogen-bond acceptors (Lipinski definition) is 4. The van der Waals surface area contributed by atoms with Crippen LogP contribution in [0.2, 0.25) is 0 Å². The quantitative estimate of drug-likeness (QED) is 0.666. The van der Waals surface area contributed by atoms with Crippen LogP contribution in [0.3, 0.4) is 0 Å². The standard InChI is InChI=1S/C9H11N3O2/c13-9(7-1-2-14-11-7)12-4-6-3-10-8(6)5-12/h1-2,6,8,10H,3-5H2. The lowest BCUT2D eigenvalue weighted by Gasteiger charge is -2.29. The first-order valence-electron chi connectivity index (χ1n) is 4.77. The minimum atomic E-state index is -0.0186. The van der Waals surface area contributed by atoms with E-state index in [1.807, 2.05) is 4.90 Å². The molecule has 3 heterocycles. The highest BCUT2D eigenvalue weighted by Crippen LogP contribution is 2.24. The van der Waals surface area contributed by atoms with Gasteiger partial charge in [0.05, 0.1) is 0 Å². The van der Waals surface area contributed by atoms with E-state index < -0.39 is 0 Å². The molecule has 74 valence electrons. The van der Waals surface area contributed by atoms with E-state index in [1.54, 1.807) is 6.07 Å². The first-order valence-corrected chi connectivity index (χ1v) is 4.77. The molecular formula is C9H11N3O2. The Morgan fingerprint density at radius 1 is 1.64 bits per heavy atom. The average molecular weight is 193 g/mol. The summed E-state index contributed by atoms with van der Waals surface area (Å²) in [7, 11) is 0. The highest BCUT2D eigenvalue weighted by Gasteiger charge is 2.41. The number of carbonyl (C=O) groups excluding carboxylic acids is 1. The molecule has 0 spiro atoms. The van der Waals surface area contributed by atoms with E-state index in [1.165, 1.54) is 6.26 Å². The van der Waals surface area contributed by atoms with Crippen molar-refractivity contribution in [2.24, 2.45) is 5.92 Å². The summed E-state index contributed by atoms with van der Waals surface area (Å²) in [6, 6.07) is 2.11. The number of likely N-dealkylation sites (tertiary alicyclic amines) is 1. The molecule has 0 aliphatic carbocycles. The smallest absolute Gasteiger partial charge is 0.276 e. The maximum Gasteiger partial charge on any atom is 0.276 e. The van der Waals surface area contributed by atoms with Crippen molar-refractivity contribution in [2.75, 3.05) is 19.6 Å². The number of hydrogen-bond donors (Lipinski definition) is 1. The molecule has 0 bridgehead atoms. The van der Waals surface area contributed by atoms with Crippen LogP contribution in [-0.2, 0) is 0 Å². The second-order valence-electron chi connectivity index (χ2n) is 3.87. The number of nitrogens with one attached hydrogen (secondary N) is 1. The van der Waals surface area contributed by atoms with Gasteiger partial charge in [-0.3, -0.25) is 4.79 Å². The molecule has 2 unspecified atom stereocenters. The molecule has 0 radical (unpaired) electrons. The number of amides is 1. The van der Waals surface area contributed by atoms with Gasteiger partial charge in [-0.25, -0.2) is 0 Å². The third kappa shape index (κ3) is 1.05. The van der Waals surface area contributed by atoms with Crippen LogP contribution in [0.15, 0.2) is 16.9 Å². The van der Waals surface area contributed by atoms with Crippen molar-refractivity contribution in [1.29, 1.82) is 0 Å². The van der Waals surface area contributed by atoms with E-state index in [9.17, 15) is 4.79 Å². The molecule has 0 aromatic carbocycles. The molecule has 1 amide bonds. The van der Waals surface area contributed by atoms with Crippen molar-refractivity contribution in [2.45, 2.75) is 6.04 Å². The first-order chi connectivity index (χ1) is 6.84. The molecule has 5 heteroatoms. The molecule has 2 aliphatic heterocycles. The number of nitrogens with zero attached hydrogens (tertiary/aromatic N) is 2. The van der Waals surface area contributed by atoms with Crippen LogP contribution in [0.25, 0.3) is 0 Å². The number of rotatable bonds is 1. The Labute approximate surface area is 81.0 Å². The summed E-state index contributed by atoms with van der Waals surface area (Å²) in [5.41, 5.74) is 0.409. The third-order valence-corrected chi connectivity index (χ3v) is 3.03. The lowest BCUT2D eigenvalue weighted by atomic mass is 9.96. The summed E-state index contributed by atoms with van der Waals surface area (Å²) >= 11 is 0. The summed E-state index contributed by atoms with van der Waals surface area (Å²) in [5, 5.41) is 6.94. The van der Waals surface area contributed by atoms with Crippen LogP contribution in [0, 0.1) is 5.92 Å². The Morgan fingerprint density at radius 2 is 2.57 bits per heavy atom. The van der Waals surface area contributed by atoms with Crippen LogP contribution in [0.1, 0.15) is 10.5 Å². The van der Waals surface area contributed by atoms with E-state index in [2.05, 4.69) is 15.0 Å². The van der Waals surface area contributed by atoms with Crippen molar-refractivity contribution in [3.05, 3.63) is 18.0 Å². The van der Waals surface area contributed by atoms with Gasteiger partial charge in [0.1, 0.15) is 6.26 Å². The summed E-state index contributed by atoms with van der Waals surface area (Å²) in [6.45, 7) is 2.69. The van der Waals surface area contributed by atoms with E-state index in [4.69, 9.17) is 0 Å². The van der Waals surface area contributed by atoms with Gasteiger partial charge < -0.3 is 14.7 Å². The van der Waals surface area contributed by atoms with Gasteiger partial charge in [0.15, 0.2) is 5.69 Å². The van der Waals surface area contributed by atoms with Crippen LogP contribution >= 0.6 is 0 Å². The normalized spacial score (nSPS) is 29.9. The Kier molecular flexibility index (Phi) is 1.61. The summed E-state index contributed by atoms with van der Waals surface area (Å²) < 4.78 is 4.65. The van der Waals surface area contributed by atoms with E-state index in [0.717, 1.165) is 19.6 Å². The van der Waals surface area contributed by atoms with Crippen LogP contribution in [0.5, 0.6) is 0 Å². The van der Waals surface area contributed by atoms with Gasteiger partial charge in [-0.15, -0.1) is 0 Å². The van der Waals surface area contributed by atoms with Crippen molar-refractivity contribution in [1.82, 2.24) is 15.4 Å². The van der Waals surface area contributed by atoms with Gasteiger partial charge in [0, 0.05) is 37.7 Å². The van der Waals surface area contributed by atoms with Gasteiger partial charge in [-0.1, -0.05) is 5.16 Å². The molecule has 1 aromatic heterocycles. The van der Waals surface area contributed by atoms with Crippen molar-refractivity contribution < 1.29 is 9.32 Å². The zero-order chi connectivity index (χ0) is 9.54. The van der Waals surface area contributed by atoms with Crippen molar-refractivity contribution in [3.8, 4) is 0 Å². The predicted octanol–water partition coefficient (Wildman–Crippen LogP) is -0.282. The van der Waals surface area contributed by atoms with Gasteiger partial charge in [-0.05, 0) is 0 Å². The topological polar surface area (TPSA) is 58.4 Å². The van der Waals surface area contributed by atoms with Crippen LogP contribution < -0.4 is 5.32 Å². The molecule has 0 saturated carbocycles. The largest absolute Gasteiger partial charge is 0.364 e. The van der Waals surface area contributed by atoms with E-state index >= 15 is 0 Å². The first kappa shape index (κ1) is 7.99. The minimum Gasteiger partial charge on any atom is -0.364 e. The van der Waals surface area contributed by atoms with Gasteiger partial charge in [-0.2, -0.15) is 0 Å². The van der Waals surface area contributed by atoms with Crippen LogP contribution in [0.4, 0.5) is 0 Å². The molecule has 2 saturated heterocycles. The van der Waals surface area contributed by atoms with Crippen molar-refractivity contribution >= 4 is 5.91 Å². The highest BCUT2D eigenvalue weighted by atomic mass is 16.5. The summed E-state index contributed by atoms with van der Waals surface area (Å²) in [6.07, 6.45) is 1.43. The molecular weight excluding hydrogens is 182 g/mol. The maximum absolute atomic E-state index is 11.8. The average Bonchev–Trinajstić information content (AvgIpc) is 2.75. The second kappa shape index (κ2) is 2.81. The van der Waals surface area contributed by atoms with Gasteiger partial charge in [0.25, 0.3) is 5.91 Å². The molecule has 3 rings (SSSR count). The Hall–Kier alpha value is -1.36. The van der Waals surface area contributed by atoms with E-state index in [0.29, 0.717) is 17.7 Å². The lowest BCUT2D eigenvalue weighted by molar-refractivity contribution is 0.0779.